The topological polar surface area (TPSA) is 32.3 Å². The lowest BCUT2D eigenvalue weighted by molar-refractivity contribution is 0.173. The summed E-state index contributed by atoms with van der Waals surface area (Å²) in [6, 6.07) is 4.90. The van der Waals surface area contributed by atoms with Gasteiger partial charge >= 0.3 is 0 Å². The van der Waals surface area contributed by atoms with Gasteiger partial charge in [0, 0.05) is 22.2 Å². The molecule has 0 aromatic heterocycles. The zero-order valence-electron chi connectivity index (χ0n) is 8.87. The minimum atomic E-state index is -0.720. The molecule has 0 aliphatic heterocycles. The third kappa shape index (κ3) is 3.70. The summed E-state index contributed by atoms with van der Waals surface area (Å²) in [6.07, 6.45) is 4.49. The van der Waals surface area contributed by atoms with E-state index in [4.69, 9.17) is 29.6 Å². The summed E-state index contributed by atoms with van der Waals surface area (Å²) in [5.74, 6) is 2.52. The highest BCUT2D eigenvalue weighted by molar-refractivity contribution is 6.33. The summed E-state index contributed by atoms with van der Waals surface area (Å²) in [4.78, 5) is 0. The van der Waals surface area contributed by atoms with Crippen molar-refractivity contribution in [2.75, 3.05) is 6.54 Å². The smallest absolute Gasteiger partial charge is 0.0929 e. The molecule has 0 radical (unpaired) electrons. The van der Waals surface area contributed by atoms with Crippen LogP contribution in [0.15, 0.2) is 18.2 Å². The number of benzene rings is 1. The van der Waals surface area contributed by atoms with E-state index in [0.29, 0.717) is 22.2 Å². The fraction of sp³-hybridized carbons (Fsp3) is 0.333. The summed E-state index contributed by atoms with van der Waals surface area (Å²) in [7, 11) is 0. The number of nitrogens with one attached hydrogen (secondary N) is 1. The standard InChI is InChI=1S/C12H13Cl2NO/c1-3-8(2)15-7-12(16)10-6-9(13)4-5-11(10)14/h1,4-6,8,12,15-16H,7H2,2H3. The Balaban J connectivity index is 2.69. The van der Waals surface area contributed by atoms with Gasteiger partial charge in [-0.3, -0.25) is 0 Å². The molecule has 1 rings (SSSR count). The molecule has 0 fully saturated rings. The summed E-state index contributed by atoms with van der Waals surface area (Å²) in [6.45, 7) is 2.18. The normalized spacial score (nSPS) is 14.2. The second kappa shape index (κ2) is 6.12. The van der Waals surface area contributed by atoms with Crippen molar-refractivity contribution in [3.8, 4) is 12.3 Å². The van der Waals surface area contributed by atoms with Crippen molar-refractivity contribution in [3.05, 3.63) is 33.8 Å². The number of hydrogen-bond donors (Lipinski definition) is 2. The minimum absolute atomic E-state index is 0.0902. The van der Waals surface area contributed by atoms with Crippen LogP contribution in [0.3, 0.4) is 0 Å². The van der Waals surface area contributed by atoms with Crippen LogP contribution in [0, 0.1) is 12.3 Å². The van der Waals surface area contributed by atoms with Crippen molar-refractivity contribution in [2.24, 2.45) is 0 Å². The average Bonchev–Trinajstić information content (AvgIpc) is 2.28. The van der Waals surface area contributed by atoms with E-state index in [2.05, 4.69) is 11.2 Å². The molecule has 2 unspecified atom stereocenters. The molecule has 0 saturated heterocycles. The van der Waals surface area contributed by atoms with Crippen LogP contribution in [0.4, 0.5) is 0 Å². The summed E-state index contributed by atoms with van der Waals surface area (Å²) >= 11 is 11.8. The number of hydrogen-bond acceptors (Lipinski definition) is 2. The number of aliphatic hydroxyl groups excluding tert-OH is 1. The Hall–Kier alpha value is -0.720. The van der Waals surface area contributed by atoms with Gasteiger partial charge in [0.05, 0.1) is 12.1 Å². The highest BCUT2D eigenvalue weighted by Gasteiger charge is 2.12. The fourth-order valence-electron chi connectivity index (χ4n) is 1.23. The molecule has 0 bridgehead atoms. The second-order valence-electron chi connectivity index (χ2n) is 3.48. The van der Waals surface area contributed by atoms with E-state index in [-0.39, 0.29) is 6.04 Å². The molecule has 0 amide bonds. The van der Waals surface area contributed by atoms with Crippen molar-refractivity contribution in [3.63, 3.8) is 0 Å². The van der Waals surface area contributed by atoms with Crippen LogP contribution in [0.2, 0.25) is 10.0 Å². The van der Waals surface area contributed by atoms with Crippen molar-refractivity contribution < 1.29 is 5.11 Å². The SMILES string of the molecule is C#CC(C)NCC(O)c1cc(Cl)ccc1Cl. The first kappa shape index (κ1) is 13.3. The van der Waals surface area contributed by atoms with Crippen molar-refractivity contribution >= 4 is 23.2 Å². The van der Waals surface area contributed by atoms with Crippen LogP contribution in [-0.2, 0) is 0 Å². The van der Waals surface area contributed by atoms with Gasteiger partial charge in [-0.2, -0.15) is 0 Å². The quantitative estimate of drug-likeness (QED) is 0.814. The molecule has 4 heteroatoms. The Morgan fingerprint density at radius 1 is 1.50 bits per heavy atom. The Morgan fingerprint density at radius 3 is 2.81 bits per heavy atom. The molecule has 1 aromatic carbocycles. The van der Waals surface area contributed by atoms with Gasteiger partial charge in [0.25, 0.3) is 0 Å². The second-order valence-corrected chi connectivity index (χ2v) is 4.32. The zero-order chi connectivity index (χ0) is 12.1. The number of terminal acetylenes is 1. The average molecular weight is 258 g/mol. The van der Waals surface area contributed by atoms with Crippen molar-refractivity contribution in [2.45, 2.75) is 19.1 Å². The van der Waals surface area contributed by atoms with Crippen LogP contribution in [-0.4, -0.2) is 17.7 Å². The predicted octanol–water partition coefficient (Wildman–Crippen LogP) is 2.64. The minimum Gasteiger partial charge on any atom is -0.387 e. The number of rotatable bonds is 4. The van der Waals surface area contributed by atoms with Gasteiger partial charge in [0.2, 0.25) is 0 Å². The van der Waals surface area contributed by atoms with Crippen LogP contribution < -0.4 is 5.32 Å². The summed E-state index contributed by atoms with van der Waals surface area (Å²) < 4.78 is 0. The van der Waals surface area contributed by atoms with E-state index in [1.807, 2.05) is 6.92 Å². The lowest BCUT2D eigenvalue weighted by atomic mass is 10.1. The van der Waals surface area contributed by atoms with Crippen LogP contribution >= 0.6 is 23.2 Å². The van der Waals surface area contributed by atoms with E-state index in [1.165, 1.54) is 0 Å². The lowest BCUT2D eigenvalue weighted by Crippen LogP contribution is -2.29. The Labute approximate surface area is 106 Å². The molecule has 0 saturated carbocycles. The van der Waals surface area contributed by atoms with E-state index in [0.717, 1.165) is 0 Å². The largest absolute Gasteiger partial charge is 0.387 e. The molecule has 86 valence electrons. The maximum absolute atomic E-state index is 9.90. The van der Waals surface area contributed by atoms with Crippen LogP contribution in [0.25, 0.3) is 0 Å². The summed E-state index contributed by atoms with van der Waals surface area (Å²) in [5, 5.41) is 13.9. The maximum atomic E-state index is 9.90. The first-order valence-corrected chi connectivity index (χ1v) is 5.62. The highest BCUT2D eigenvalue weighted by atomic mass is 35.5. The number of aliphatic hydroxyl groups is 1. The lowest BCUT2D eigenvalue weighted by Gasteiger charge is -2.15. The van der Waals surface area contributed by atoms with Gasteiger partial charge in [-0.1, -0.05) is 29.1 Å². The van der Waals surface area contributed by atoms with Crippen molar-refractivity contribution in [1.82, 2.24) is 5.32 Å². The van der Waals surface area contributed by atoms with Gasteiger partial charge in [0.1, 0.15) is 0 Å². The molecule has 16 heavy (non-hydrogen) atoms. The molecule has 0 aliphatic carbocycles. The van der Waals surface area contributed by atoms with Crippen LogP contribution in [0.5, 0.6) is 0 Å². The first-order valence-electron chi connectivity index (χ1n) is 4.87. The fourth-order valence-corrected chi connectivity index (χ4v) is 1.65. The summed E-state index contributed by atoms with van der Waals surface area (Å²) in [5.41, 5.74) is 0.603. The molecule has 0 aliphatic rings. The predicted molar refractivity (Wildman–Crippen MR) is 67.7 cm³/mol. The zero-order valence-corrected chi connectivity index (χ0v) is 10.4. The third-order valence-corrected chi connectivity index (χ3v) is 2.76. The molecule has 1 aromatic rings. The van der Waals surface area contributed by atoms with E-state index < -0.39 is 6.10 Å². The molecule has 0 spiro atoms. The Kier molecular flexibility index (Phi) is 5.11. The maximum Gasteiger partial charge on any atom is 0.0929 e. The molecular weight excluding hydrogens is 245 g/mol. The van der Waals surface area contributed by atoms with E-state index in [1.54, 1.807) is 18.2 Å². The van der Waals surface area contributed by atoms with Crippen molar-refractivity contribution in [1.29, 1.82) is 0 Å². The van der Waals surface area contributed by atoms with Gasteiger partial charge in [-0.15, -0.1) is 6.42 Å². The third-order valence-electron chi connectivity index (χ3n) is 2.18. The number of halogens is 2. The van der Waals surface area contributed by atoms with Gasteiger partial charge in [-0.25, -0.2) is 0 Å². The first-order chi connectivity index (χ1) is 7.54. The van der Waals surface area contributed by atoms with E-state index in [9.17, 15) is 5.11 Å². The monoisotopic (exact) mass is 257 g/mol. The van der Waals surface area contributed by atoms with Gasteiger partial charge in [-0.05, 0) is 25.1 Å². The van der Waals surface area contributed by atoms with Gasteiger partial charge in [0.15, 0.2) is 0 Å². The van der Waals surface area contributed by atoms with Gasteiger partial charge < -0.3 is 10.4 Å². The Morgan fingerprint density at radius 2 is 2.19 bits per heavy atom. The molecule has 2 N–H and O–H groups in total. The van der Waals surface area contributed by atoms with E-state index >= 15 is 0 Å². The molecule has 2 nitrogen and oxygen atoms in total. The highest BCUT2D eigenvalue weighted by Crippen LogP contribution is 2.25. The molecule has 0 heterocycles. The molecular formula is C12H13Cl2NO. The Bertz CT molecular complexity index is 400. The van der Waals surface area contributed by atoms with Crippen LogP contribution in [0.1, 0.15) is 18.6 Å². The molecule has 2 atom stereocenters.